The molecule has 0 spiro atoms. The zero-order valence-corrected chi connectivity index (χ0v) is 18.8. The van der Waals surface area contributed by atoms with Crippen molar-refractivity contribution >= 4 is 0 Å². The van der Waals surface area contributed by atoms with Crippen molar-refractivity contribution < 1.29 is 15.3 Å². The van der Waals surface area contributed by atoms with Gasteiger partial charge in [-0.3, -0.25) is 0 Å². The van der Waals surface area contributed by atoms with Gasteiger partial charge in [0.2, 0.25) is 0 Å². The Bertz CT molecular complexity index is 743. The first-order chi connectivity index (χ1) is 14.3. The second kappa shape index (κ2) is 8.76. The maximum Gasteiger partial charge on any atom is 0.0811 e. The van der Waals surface area contributed by atoms with E-state index < -0.39 is 12.2 Å². The number of rotatable bonds is 5. The molecule has 0 aliphatic heterocycles. The summed E-state index contributed by atoms with van der Waals surface area (Å²) in [6.45, 7) is 8.88. The molecule has 4 fully saturated rings. The van der Waals surface area contributed by atoms with Gasteiger partial charge in [-0.1, -0.05) is 50.3 Å². The minimum atomic E-state index is -0.621. The van der Waals surface area contributed by atoms with E-state index in [0.29, 0.717) is 41.9 Å². The molecule has 0 radical (unpaired) electrons. The molecule has 0 aromatic heterocycles. The van der Waals surface area contributed by atoms with Crippen LogP contribution in [-0.4, -0.2) is 33.6 Å². The number of hydrogen-bond acceptors (Lipinski definition) is 3. The van der Waals surface area contributed by atoms with Gasteiger partial charge in [-0.25, -0.2) is 0 Å². The predicted octanol–water partition coefficient (Wildman–Crippen LogP) is 5.09. The third-order valence-electron chi connectivity index (χ3n) is 8.65. The number of aliphatic hydroxyl groups is 3. The van der Waals surface area contributed by atoms with Crippen LogP contribution in [0.5, 0.6) is 0 Å². The Morgan fingerprint density at radius 1 is 1.10 bits per heavy atom. The van der Waals surface area contributed by atoms with Crippen molar-refractivity contribution in [1.29, 1.82) is 0 Å². The lowest BCUT2D eigenvalue weighted by Gasteiger charge is -2.44. The van der Waals surface area contributed by atoms with Crippen LogP contribution in [0.4, 0.5) is 0 Å². The summed E-state index contributed by atoms with van der Waals surface area (Å²) in [7, 11) is 0. The standard InChI is InChI=1S/C27H40O3/c1-17(6-13-25(29)20-8-9-20)23-11-12-24-19(5-4-14-27(23,24)3)7-10-21-15-22(28)16-26(30)18(21)2/h6-7,10,13,17,20,22-26,28-30H,2,4-5,8-9,11-12,14-16H2,1,3H3/b13-6+,19-7+,21-10-/t17-,22-,23-,24+,25-,26+,27-/m0/s1. The predicted molar refractivity (Wildman–Crippen MR) is 122 cm³/mol. The molecule has 0 aromatic carbocycles. The first-order valence-electron chi connectivity index (χ1n) is 12.1. The highest BCUT2D eigenvalue weighted by atomic mass is 16.3. The molecule has 0 saturated heterocycles. The lowest BCUT2D eigenvalue weighted by atomic mass is 9.61. The van der Waals surface area contributed by atoms with Crippen LogP contribution in [0.15, 0.2) is 47.6 Å². The summed E-state index contributed by atoms with van der Waals surface area (Å²) in [4.78, 5) is 0. The van der Waals surface area contributed by atoms with E-state index in [9.17, 15) is 15.3 Å². The van der Waals surface area contributed by atoms with Gasteiger partial charge in [0.1, 0.15) is 0 Å². The minimum absolute atomic E-state index is 0.250. The van der Waals surface area contributed by atoms with E-state index in [1.807, 2.05) is 0 Å². The zero-order chi connectivity index (χ0) is 21.5. The third kappa shape index (κ3) is 4.40. The Hall–Kier alpha value is -1.16. The number of allylic oxidation sites excluding steroid dienone is 4. The van der Waals surface area contributed by atoms with Crippen molar-refractivity contribution in [3.05, 3.63) is 47.6 Å². The zero-order valence-electron chi connectivity index (χ0n) is 18.8. The van der Waals surface area contributed by atoms with Gasteiger partial charge in [-0.2, -0.15) is 0 Å². The van der Waals surface area contributed by atoms with Crippen LogP contribution in [0, 0.1) is 29.1 Å². The Balaban J connectivity index is 1.48. The smallest absolute Gasteiger partial charge is 0.0811 e. The van der Waals surface area contributed by atoms with Gasteiger partial charge in [0.25, 0.3) is 0 Å². The summed E-state index contributed by atoms with van der Waals surface area (Å²) in [5.74, 6) is 2.28. The van der Waals surface area contributed by atoms with Crippen molar-refractivity contribution in [3.63, 3.8) is 0 Å². The first-order valence-corrected chi connectivity index (χ1v) is 12.1. The second-order valence-corrected chi connectivity index (χ2v) is 10.7. The Labute approximate surface area is 182 Å². The molecule has 0 heterocycles. The van der Waals surface area contributed by atoms with Gasteiger partial charge in [-0.15, -0.1) is 0 Å². The maximum absolute atomic E-state index is 10.2. The van der Waals surface area contributed by atoms with Gasteiger partial charge < -0.3 is 15.3 Å². The van der Waals surface area contributed by atoms with Crippen LogP contribution in [0.1, 0.15) is 71.6 Å². The normalized spacial score (nSPS) is 42.1. The second-order valence-electron chi connectivity index (χ2n) is 10.7. The summed E-state index contributed by atoms with van der Waals surface area (Å²) in [5.41, 5.74) is 3.63. The van der Waals surface area contributed by atoms with Gasteiger partial charge in [0.15, 0.2) is 0 Å². The van der Waals surface area contributed by atoms with Gasteiger partial charge in [-0.05, 0) is 91.6 Å². The fourth-order valence-electron chi connectivity index (χ4n) is 6.63. The van der Waals surface area contributed by atoms with Gasteiger partial charge >= 0.3 is 0 Å². The molecular weight excluding hydrogens is 372 g/mol. The molecule has 4 rings (SSSR count). The Morgan fingerprint density at radius 3 is 2.60 bits per heavy atom. The van der Waals surface area contributed by atoms with E-state index in [1.54, 1.807) is 0 Å². The van der Waals surface area contributed by atoms with E-state index in [1.165, 1.54) is 44.1 Å². The van der Waals surface area contributed by atoms with Crippen LogP contribution in [0.25, 0.3) is 0 Å². The van der Waals surface area contributed by atoms with Crippen molar-refractivity contribution in [3.8, 4) is 0 Å². The maximum atomic E-state index is 10.2. The van der Waals surface area contributed by atoms with E-state index in [2.05, 4.69) is 44.7 Å². The summed E-state index contributed by atoms with van der Waals surface area (Å²) in [6.07, 6.45) is 16.9. The number of hydrogen-bond donors (Lipinski definition) is 3. The van der Waals surface area contributed by atoms with Crippen molar-refractivity contribution in [2.24, 2.45) is 29.1 Å². The molecular formula is C27H40O3. The summed E-state index contributed by atoms with van der Waals surface area (Å²) >= 11 is 0. The highest BCUT2D eigenvalue weighted by Crippen LogP contribution is 2.59. The highest BCUT2D eigenvalue weighted by molar-refractivity contribution is 5.38. The fourth-order valence-corrected chi connectivity index (χ4v) is 6.63. The molecule has 3 heteroatoms. The van der Waals surface area contributed by atoms with Gasteiger partial charge in [0, 0.05) is 6.42 Å². The van der Waals surface area contributed by atoms with Gasteiger partial charge in [0.05, 0.1) is 18.3 Å². The SMILES string of the molecule is C=C1/C(=C\C=C2/CCC[C@]3(C)[C@@H]2CC[C@H]3[C@@H](C)/C=C/[C@H](O)C2CC2)C[C@H](O)C[C@H]1O. The summed E-state index contributed by atoms with van der Waals surface area (Å²) in [5, 5.41) is 30.4. The van der Waals surface area contributed by atoms with Crippen LogP contribution < -0.4 is 0 Å². The van der Waals surface area contributed by atoms with E-state index in [-0.39, 0.29) is 6.10 Å². The monoisotopic (exact) mass is 412 g/mol. The number of aliphatic hydroxyl groups excluding tert-OH is 3. The topological polar surface area (TPSA) is 60.7 Å². The molecule has 0 amide bonds. The van der Waals surface area contributed by atoms with Crippen LogP contribution in [-0.2, 0) is 0 Å². The molecule has 4 aliphatic rings. The van der Waals surface area contributed by atoms with E-state index in [0.717, 1.165) is 17.6 Å². The van der Waals surface area contributed by atoms with Crippen LogP contribution in [0.3, 0.4) is 0 Å². The lowest BCUT2D eigenvalue weighted by molar-refractivity contribution is 0.0862. The molecule has 4 aliphatic carbocycles. The molecule has 7 atom stereocenters. The molecule has 0 unspecified atom stereocenters. The van der Waals surface area contributed by atoms with Crippen molar-refractivity contribution in [2.75, 3.05) is 0 Å². The average Bonchev–Trinajstić information content (AvgIpc) is 3.49. The minimum Gasteiger partial charge on any atom is -0.393 e. The molecule has 166 valence electrons. The van der Waals surface area contributed by atoms with Crippen LogP contribution in [0.2, 0.25) is 0 Å². The molecule has 0 bridgehead atoms. The van der Waals surface area contributed by atoms with E-state index in [4.69, 9.17) is 0 Å². The first kappa shape index (κ1) is 22.0. The Kier molecular flexibility index (Phi) is 6.44. The third-order valence-corrected chi connectivity index (χ3v) is 8.65. The van der Waals surface area contributed by atoms with E-state index >= 15 is 0 Å². The molecule has 3 N–H and O–H groups in total. The molecule has 4 saturated carbocycles. The summed E-state index contributed by atoms with van der Waals surface area (Å²) in [6, 6.07) is 0. The van der Waals surface area contributed by atoms with Crippen molar-refractivity contribution in [2.45, 2.75) is 89.9 Å². The number of fused-ring (bicyclic) bond motifs is 1. The molecule has 0 aromatic rings. The van der Waals surface area contributed by atoms with Crippen molar-refractivity contribution in [1.82, 2.24) is 0 Å². The van der Waals surface area contributed by atoms with Crippen LogP contribution >= 0.6 is 0 Å². The lowest BCUT2D eigenvalue weighted by Crippen LogP contribution is -2.35. The Morgan fingerprint density at radius 2 is 1.87 bits per heavy atom. The highest BCUT2D eigenvalue weighted by Gasteiger charge is 2.50. The quantitative estimate of drug-likeness (QED) is 0.551. The fraction of sp³-hybridized carbons (Fsp3) is 0.704. The molecule has 3 nitrogen and oxygen atoms in total. The average molecular weight is 413 g/mol. The molecule has 30 heavy (non-hydrogen) atoms. The summed E-state index contributed by atoms with van der Waals surface area (Å²) < 4.78 is 0. The largest absolute Gasteiger partial charge is 0.393 e.